The first-order valence-electron chi connectivity index (χ1n) is 14.7. The number of aromatic nitrogens is 7. The Balaban J connectivity index is 1.58. The molecule has 10 nitrogen and oxygen atoms in total. The molecule has 2 aromatic carbocycles. The molecule has 1 amide bonds. The number of hydrogen-bond acceptors (Lipinski definition) is 6. The summed E-state index contributed by atoms with van der Waals surface area (Å²) in [5.74, 6) is 5.34. The molecule has 0 unspecified atom stereocenters. The third-order valence-electron chi connectivity index (χ3n) is 6.21. The van der Waals surface area contributed by atoms with Crippen LogP contribution in [0.1, 0.15) is 52.8 Å². The lowest BCUT2D eigenvalue weighted by Crippen LogP contribution is -2.33. The summed E-state index contributed by atoms with van der Waals surface area (Å²) >= 11 is 0. The second-order valence-electron chi connectivity index (χ2n) is 8.98. The van der Waals surface area contributed by atoms with Gasteiger partial charge in [0.1, 0.15) is 11.4 Å². The van der Waals surface area contributed by atoms with Crippen LogP contribution < -0.4 is 10.9 Å². The molecular formula is C30H24N8O2. The maximum absolute atomic E-state index is 14.4. The highest BCUT2D eigenvalue weighted by Gasteiger charge is 2.24. The summed E-state index contributed by atoms with van der Waals surface area (Å²) in [7, 11) is 1.75. The van der Waals surface area contributed by atoms with Gasteiger partial charge in [0.25, 0.3) is 11.5 Å². The van der Waals surface area contributed by atoms with Gasteiger partial charge < -0.3 is 5.32 Å². The van der Waals surface area contributed by atoms with Gasteiger partial charge in [0.15, 0.2) is 5.65 Å². The summed E-state index contributed by atoms with van der Waals surface area (Å²) in [5.41, 5.74) is 1.00. The zero-order chi connectivity index (χ0) is 32.2. The number of fused-ring (bicyclic) bond motifs is 2. The van der Waals surface area contributed by atoms with Gasteiger partial charge >= 0.3 is 0 Å². The van der Waals surface area contributed by atoms with Gasteiger partial charge in [-0.05, 0) is 44.1 Å². The molecule has 40 heavy (non-hydrogen) atoms. The molecule has 0 spiro atoms. The molecule has 0 saturated carbocycles. The van der Waals surface area contributed by atoms with Crippen molar-refractivity contribution >= 4 is 22.5 Å². The minimum Gasteiger partial charge on any atom is -0.342 e. The molecule has 0 radical (unpaired) electrons. The Bertz CT molecular complexity index is 2290. The number of carbonyl (C=O) groups is 1. The van der Waals surface area contributed by atoms with E-state index in [-0.39, 0.29) is 22.3 Å². The highest BCUT2D eigenvalue weighted by Crippen LogP contribution is 2.21. The monoisotopic (exact) mass is 533 g/mol. The molecule has 4 heterocycles. The summed E-state index contributed by atoms with van der Waals surface area (Å²) in [4.78, 5) is 37.0. The lowest BCUT2D eigenvalue weighted by atomic mass is 10.1. The molecule has 6 aromatic rings. The van der Waals surface area contributed by atoms with Gasteiger partial charge in [-0.25, -0.2) is 14.5 Å². The van der Waals surface area contributed by atoms with Gasteiger partial charge in [0.2, 0.25) is 0 Å². The number of benzene rings is 2. The quantitative estimate of drug-likeness (QED) is 0.348. The summed E-state index contributed by atoms with van der Waals surface area (Å²) in [6.07, 6.45) is 6.48. The average Bonchev–Trinajstić information content (AvgIpc) is 3.60. The predicted octanol–water partition coefficient (Wildman–Crippen LogP) is 3.36. The molecule has 0 fully saturated rings. The summed E-state index contributed by atoms with van der Waals surface area (Å²) < 4.78 is 45.8. The van der Waals surface area contributed by atoms with E-state index in [1.54, 1.807) is 68.4 Å². The van der Waals surface area contributed by atoms with E-state index in [1.807, 2.05) is 0 Å². The molecule has 0 bridgehead atoms. The van der Waals surface area contributed by atoms with E-state index >= 15 is 0 Å². The van der Waals surface area contributed by atoms with Crippen molar-refractivity contribution in [2.45, 2.75) is 19.9 Å². The largest absolute Gasteiger partial charge is 0.342 e. The number of para-hydroxylation sites is 1. The van der Waals surface area contributed by atoms with Crippen LogP contribution in [-0.4, -0.2) is 39.8 Å². The number of rotatable bonds is 4. The van der Waals surface area contributed by atoms with Crippen molar-refractivity contribution in [1.29, 1.82) is 0 Å². The van der Waals surface area contributed by atoms with Crippen LogP contribution in [-0.2, 0) is 7.05 Å². The van der Waals surface area contributed by atoms with Crippen molar-refractivity contribution in [3.05, 3.63) is 118 Å². The van der Waals surface area contributed by atoms with Crippen molar-refractivity contribution < 1.29 is 11.6 Å². The molecule has 1 N–H and O–H groups in total. The van der Waals surface area contributed by atoms with E-state index in [0.717, 1.165) is 4.57 Å². The Morgan fingerprint density at radius 3 is 2.75 bits per heavy atom. The van der Waals surface area contributed by atoms with Crippen LogP contribution >= 0.6 is 0 Å². The van der Waals surface area contributed by atoms with Gasteiger partial charge in [-0.2, -0.15) is 10.2 Å². The maximum Gasteiger partial charge on any atom is 0.267 e. The van der Waals surface area contributed by atoms with Crippen LogP contribution in [0.3, 0.4) is 0 Å². The fourth-order valence-corrected chi connectivity index (χ4v) is 4.43. The molecule has 1 atom stereocenters. The average molecular weight is 534 g/mol. The van der Waals surface area contributed by atoms with E-state index in [1.165, 1.54) is 10.7 Å². The molecule has 4 aromatic heterocycles. The van der Waals surface area contributed by atoms with E-state index in [4.69, 9.17) is 11.8 Å². The van der Waals surface area contributed by atoms with Gasteiger partial charge in [0.05, 0.1) is 46.9 Å². The Hall–Kier alpha value is -5.56. The van der Waals surface area contributed by atoms with Crippen LogP contribution in [0.4, 0.5) is 0 Å². The van der Waals surface area contributed by atoms with Crippen molar-refractivity contribution in [2.24, 2.45) is 7.05 Å². The maximum atomic E-state index is 14.4. The predicted molar refractivity (Wildman–Crippen MR) is 150 cm³/mol. The smallest absolute Gasteiger partial charge is 0.267 e. The Labute approximate surface area is 236 Å². The third-order valence-corrected chi connectivity index (χ3v) is 6.21. The van der Waals surface area contributed by atoms with Crippen LogP contribution in [0.25, 0.3) is 22.2 Å². The number of amides is 1. The third kappa shape index (κ3) is 4.39. The van der Waals surface area contributed by atoms with E-state index < -0.39 is 53.4 Å². The van der Waals surface area contributed by atoms with Crippen molar-refractivity contribution in [1.82, 2.24) is 39.2 Å². The standard InChI is InChI=1S/C30H24N8O2/c1-19-25(28-31-15-8-16-37(28)35-19)29(39)33-20(2)27-34-24-12-7-9-22(14-13-21-17-32-36(3)18-21)26(24)30(40)38(27)23-10-5-4-6-11-23/h4-12,15-18,20H,1-3H3,(H,33,39)/t20-/m1/s1/i4D,5D,6D,10D,11D. The van der Waals surface area contributed by atoms with E-state index in [2.05, 4.69) is 32.3 Å². The summed E-state index contributed by atoms with van der Waals surface area (Å²) in [6, 6.07) is 2.53. The SMILES string of the molecule is [2H]c1c([2H])c([2H])c(-n2c([C@@H](C)NC(=O)c3c(C)nn4cccnc34)nc3cccc(C#Cc4cnn(C)c4)c3c2=O)c([2H])c1[2H]. The van der Waals surface area contributed by atoms with Gasteiger partial charge in [0, 0.05) is 31.2 Å². The van der Waals surface area contributed by atoms with Crippen molar-refractivity contribution in [3.8, 4) is 17.5 Å². The highest BCUT2D eigenvalue weighted by molar-refractivity contribution is 6.01. The first-order chi connectivity index (χ1) is 21.5. The Kier molecular flexibility index (Phi) is 4.86. The second kappa shape index (κ2) is 9.96. The van der Waals surface area contributed by atoms with Gasteiger partial charge in [-0.15, -0.1) is 0 Å². The van der Waals surface area contributed by atoms with Crippen LogP contribution in [0, 0.1) is 18.8 Å². The fourth-order valence-electron chi connectivity index (χ4n) is 4.43. The summed E-state index contributed by atoms with van der Waals surface area (Å²) in [6.45, 7) is 3.25. The fraction of sp³-hybridized carbons (Fsp3) is 0.133. The number of carbonyl (C=O) groups excluding carboxylic acids is 1. The molecule has 10 heteroatoms. The minimum absolute atomic E-state index is 0.0566. The Morgan fingerprint density at radius 1 is 1.15 bits per heavy atom. The molecule has 0 aliphatic carbocycles. The number of hydrogen-bond donors (Lipinski definition) is 1. The Morgan fingerprint density at radius 2 is 1.98 bits per heavy atom. The van der Waals surface area contributed by atoms with Crippen LogP contribution in [0.15, 0.2) is 84.1 Å². The number of nitrogens with zero attached hydrogens (tertiary/aromatic N) is 7. The van der Waals surface area contributed by atoms with Crippen LogP contribution in [0.2, 0.25) is 0 Å². The molecule has 6 rings (SSSR count). The van der Waals surface area contributed by atoms with Crippen LogP contribution in [0.5, 0.6) is 0 Å². The first-order valence-corrected chi connectivity index (χ1v) is 12.2. The molecule has 0 aliphatic rings. The minimum atomic E-state index is -0.990. The number of aryl methyl sites for hydroxylation is 2. The summed E-state index contributed by atoms with van der Waals surface area (Å²) in [5, 5.41) is 11.3. The lowest BCUT2D eigenvalue weighted by Gasteiger charge is -2.20. The lowest BCUT2D eigenvalue weighted by molar-refractivity contribution is 0.0938. The zero-order valence-corrected chi connectivity index (χ0v) is 21.6. The van der Waals surface area contributed by atoms with E-state index in [9.17, 15) is 9.59 Å². The van der Waals surface area contributed by atoms with Gasteiger partial charge in [-0.3, -0.25) is 18.8 Å². The first kappa shape index (κ1) is 19.5. The molecule has 196 valence electrons. The highest BCUT2D eigenvalue weighted by atomic mass is 16.2. The number of nitrogens with one attached hydrogen (secondary N) is 1. The molecule has 0 aliphatic heterocycles. The van der Waals surface area contributed by atoms with Crippen molar-refractivity contribution in [2.75, 3.05) is 0 Å². The van der Waals surface area contributed by atoms with E-state index in [0.29, 0.717) is 22.5 Å². The van der Waals surface area contributed by atoms with Crippen molar-refractivity contribution in [3.63, 3.8) is 0 Å². The molecule has 0 saturated heterocycles. The second-order valence-corrected chi connectivity index (χ2v) is 8.98. The topological polar surface area (TPSA) is 112 Å². The van der Waals surface area contributed by atoms with Gasteiger partial charge in [-0.1, -0.05) is 36.0 Å². The zero-order valence-electron chi connectivity index (χ0n) is 26.6. The normalized spacial score (nSPS) is 13.5. The molecular weight excluding hydrogens is 504 g/mol.